The third-order valence-corrected chi connectivity index (χ3v) is 3.71. The fraction of sp³-hybridized carbons (Fsp3) is 0.235. The molecule has 1 unspecified atom stereocenters. The highest BCUT2D eigenvalue weighted by atomic mass is 19.1. The van der Waals surface area contributed by atoms with Gasteiger partial charge in [-0.2, -0.15) is 0 Å². The predicted molar refractivity (Wildman–Crippen MR) is 81.5 cm³/mol. The smallest absolute Gasteiger partial charge is 0.246 e. The van der Waals surface area contributed by atoms with Gasteiger partial charge < -0.3 is 14.6 Å². The first kappa shape index (κ1) is 15.4. The van der Waals surface area contributed by atoms with Crippen LogP contribution in [-0.4, -0.2) is 35.5 Å². The molecular formula is C17H16F2N2O2. The highest BCUT2D eigenvalue weighted by molar-refractivity contribution is 5.91. The van der Waals surface area contributed by atoms with Gasteiger partial charge in [0.25, 0.3) is 0 Å². The Labute approximate surface area is 132 Å². The number of aromatic nitrogens is 1. The van der Waals surface area contributed by atoms with Crippen molar-refractivity contribution in [2.24, 2.45) is 0 Å². The maximum Gasteiger partial charge on any atom is 0.246 e. The van der Waals surface area contributed by atoms with Crippen molar-refractivity contribution in [2.45, 2.75) is 6.10 Å². The minimum absolute atomic E-state index is 0.171. The molecule has 1 aliphatic heterocycles. The van der Waals surface area contributed by atoms with E-state index < -0.39 is 17.7 Å². The number of carbonyl (C=O) groups is 1. The lowest BCUT2D eigenvalue weighted by atomic mass is 10.1. The van der Waals surface area contributed by atoms with E-state index in [0.717, 1.165) is 11.8 Å². The van der Waals surface area contributed by atoms with E-state index in [9.17, 15) is 13.6 Å². The molecule has 1 amide bonds. The summed E-state index contributed by atoms with van der Waals surface area (Å²) in [7, 11) is 0. The van der Waals surface area contributed by atoms with Crippen LogP contribution in [0.15, 0.2) is 42.6 Å². The Morgan fingerprint density at radius 2 is 2.22 bits per heavy atom. The van der Waals surface area contributed by atoms with Crippen LogP contribution in [0.2, 0.25) is 0 Å². The van der Waals surface area contributed by atoms with Crippen LogP contribution in [0.4, 0.5) is 8.78 Å². The van der Waals surface area contributed by atoms with Crippen molar-refractivity contribution in [3.05, 3.63) is 65.5 Å². The molecule has 0 aliphatic carbocycles. The van der Waals surface area contributed by atoms with E-state index in [2.05, 4.69) is 4.98 Å². The molecule has 3 rings (SSSR count). The zero-order valence-electron chi connectivity index (χ0n) is 12.3. The largest absolute Gasteiger partial charge is 0.370 e. The van der Waals surface area contributed by atoms with E-state index in [4.69, 9.17) is 4.74 Å². The number of morpholine rings is 1. The van der Waals surface area contributed by atoms with Gasteiger partial charge in [-0.25, -0.2) is 8.78 Å². The van der Waals surface area contributed by atoms with Crippen molar-refractivity contribution in [1.29, 1.82) is 0 Å². The van der Waals surface area contributed by atoms with Gasteiger partial charge in [0.1, 0.15) is 17.7 Å². The molecule has 0 saturated carbocycles. The molecule has 0 bridgehead atoms. The Morgan fingerprint density at radius 1 is 1.35 bits per heavy atom. The third kappa shape index (κ3) is 3.65. The van der Waals surface area contributed by atoms with E-state index >= 15 is 0 Å². The van der Waals surface area contributed by atoms with Crippen molar-refractivity contribution >= 4 is 12.0 Å². The molecule has 1 atom stereocenters. The molecule has 23 heavy (non-hydrogen) atoms. The predicted octanol–water partition coefficient (Wildman–Crippen LogP) is 2.91. The Bertz CT molecular complexity index is 713. The van der Waals surface area contributed by atoms with E-state index in [1.807, 2.05) is 12.1 Å². The lowest BCUT2D eigenvalue weighted by Crippen LogP contribution is -2.41. The van der Waals surface area contributed by atoms with Gasteiger partial charge in [-0.15, -0.1) is 0 Å². The number of hydrogen-bond donors (Lipinski definition) is 1. The van der Waals surface area contributed by atoms with Gasteiger partial charge in [-0.05, 0) is 24.3 Å². The second-order valence-electron chi connectivity index (χ2n) is 5.27. The molecule has 2 aromatic rings. The molecule has 120 valence electrons. The summed E-state index contributed by atoms with van der Waals surface area (Å²) in [6, 6.07) is 7.06. The normalized spacial score (nSPS) is 18.5. The minimum Gasteiger partial charge on any atom is -0.370 e. The number of nitrogens with one attached hydrogen (secondary N) is 1. The van der Waals surface area contributed by atoms with Gasteiger partial charge in [0.15, 0.2) is 0 Å². The molecule has 0 spiro atoms. The molecule has 2 heterocycles. The van der Waals surface area contributed by atoms with Crippen LogP contribution in [-0.2, 0) is 9.53 Å². The van der Waals surface area contributed by atoms with Gasteiger partial charge >= 0.3 is 0 Å². The van der Waals surface area contributed by atoms with Crippen LogP contribution in [0.3, 0.4) is 0 Å². The van der Waals surface area contributed by atoms with Crippen LogP contribution < -0.4 is 0 Å². The summed E-state index contributed by atoms with van der Waals surface area (Å²) in [4.78, 5) is 16.8. The zero-order chi connectivity index (χ0) is 16.2. The van der Waals surface area contributed by atoms with Gasteiger partial charge in [-0.1, -0.05) is 6.07 Å². The number of rotatable bonds is 3. The number of nitrogens with zero attached hydrogens (tertiary/aromatic N) is 1. The van der Waals surface area contributed by atoms with Crippen LogP contribution >= 0.6 is 0 Å². The molecule has 1 N–H and O–H groups in total. The Kier molecular flexibility index (Phi) is 4.52. The van der Waals surface area contributed by atoms with Crippen molar-refractivity contribution < 1.29 is 18.3 Å². The lowest BCUT2D eigenvalue weighted by molar-refractivity contribution is -0.133. The number of hydrogen-bond acceptors (Lipinski definition) is 2. The van der Waals surface area contributed by atoms with Crippen molar-refractivity contribution in [3.8, 4) is 0 Å². The topological polar surface area (TPSA) is 45.3 Å². The fourth-order valence-electron chi connectivity index (χ4n) is 2.51. The van der Waals surface area contributed by atoms with Crippen LogP contribution in [0.5, 0.6) is 0 Å². The Morgan fingerprint density at radius 3 is 2.96 bits per heavy atom. The van der Waals surface area contributed by atoms with E-state index in [1.165, 1.54) is 18.2 Å². The number of halogens is 2. The average molecular weight is 318 g/mol. The summed E-state index contributed by atoms with van der Waals surface area (Å²) in [5.74, 6) is -1.47. The average Bonchev–Trinajstić information content (AvgIpc) is 3.06. The monoisotopic (exact) mass is 318 g/mol. The summed E-state index contributed by atoms with van der Waals surface area (Å²) in [5, 5.41) is 0. The SMILES string of the molecule is O=C(C=Cc1ccc[nH]1)N1CCOC(c2ccc(F)cc2F)C1. The summed E-state index contributed by atoms with van der Waals surface area (Å²) >= 11 is 0. The highest BCUT2D eigenvalue weighted by Gasteiger charge is 2.26. The maximum atomic E-state index is 13.9. The summed E-state index contributed by atoms with van der Waals surface area (Å²) in [6.45, 7) is 0.979. The molecule has 4 nitrogen and oxygen atoms in total. The van der Waals surface area contributed by atoms with Crippen LogP contribution in [0.25, 0.3) is 6.08 Å². The third-order valence-electron chi connectivity index (χ3n) is 3.71. The van der Waals surface area contributed by atoms with Gasteiger partial charge in [0.2, 0.25) is 5.91 Å². The fourth-order valence-corrected chi connectivity index (χ4v) is 2.51. The number of amides is 1. The number of carbonyl (C=O) groups excluding carboxylic acids is 1. The Balaban J connectivity index is 1.69. The summed E-state index contributed by atoms with van der Waals surface area (Å²) in [6.07, 6.45) is 4.33. The first-order valence-corrected chi connectivity index (χ1v) is 7.30. The number of H-pyrrole nitrogens is 1. The standard InChI is InChI=1S/C17H16F2N2O2/c18-12-3-5-14(15(19)10-12)16-11-21(8-9-23-16)17(22)6-4-13-2-1-7-20-13/h1-7,10,16,20H,8-9,11H2. The maximum absolute atomic E-state index is 13.9. The molecule has 6 heteroatoms. The molecule has 1 aliphatic rings. The van der Waals surface area contributed by atoms with Gasteiger partial charge in [0.05, 0.1) is 13.2 Å². The first-order chi connectivity index (χ1) is 11.1. The van der Waals surface area contributed by atoms with Crippen LogP contribution in [0.1, 0.15) is 17.4 Å². The van der Waals surface area contributed by atoms with Crippen LogP contribution in [0, 0.1) is 11.6 Å². The summed E-state index contributed by atoms with van der Waals surface area (Å²) in [5.41, 5.74) is 1.09. The van der Waals surface area contributed by atoms with Crippen molar-refractivity contribution in [3.63, 3.8) is 0 Å². The number of benzene rings is 1. The van der Waals surface area contributed by atoms with Gasteiger partial charge in [-0.3, -0.25) is 4.79 Å². The number of ether oxygens (including phenoxy) is 1. The van der Waals surface area contributed by atoms with Gasteiger partial charge in [0, 0.05) is 36.1 Å². The van der Waals surface area contributed by atoms with E-state index in [1.54, 1.807) is 17.2 Å². The van der Waals surface area contributed by atoms with Crippen molar-refractivity contribution in [2.75, 3.05) is 19.7 Å². The molecule has 1 aromatic carbocycles. The molecule has 1 aromatic heterocycles. The molecule has 0 radical (unpaired) electrons. The second-order valence-corrected chi connectivity index (χ2v) is 5.27. The highest BCUT2D eigenvalue weighted by Crippen LogP contribution is 2.25. The molecule has 1 saturated heterocycles. The van der Waals surface area contributed by atoms with E-state index in [0.29, 0.717) is 13.2 Å². The summed E-state index contributed by atoms with van der Waals surface area (Å²) < 4.78 is 32.4. The van der Waals surface area contributed by atoms with Crippen molar-refractivity contribution in [1.82, 2.24) is 9.88 Å². The zero-order valence-corrected chi connectivity index (χ0v) is 12.3. The molecule has 1 fully saturated rings. The van der Waals surface area contributed by atoms with E-state index in [-0.39, 0.29) is 18.0 Å². The minimum atomic E-state index is -0.661. The lowest BCUT2D eigenvalue weighted by Gasteiger charge is -2.32. The Hall–Kier alpha value is -2.47. The molecular weight excluding hydrogens is 302 g/mol. The number of aromatic amines is 1. The first-order valence-electron chi connectivity index (χ1n) is 7.30. The second kappa shape index (κ2) is 6.75. The quantitative estimate of drug-likeness (QED) is 0.885.